The van der Waals surface area contributed by atoms with E-state index in [4.69, 9.17) is 0 Å². The van der Waals surface area contributed by atoms with E-state index in [1.54, 1.807) is 24.4 Å². The van der Waals surface area contributed by atoms with Crippen molar-refractivity contribution >= 4 is 27.0 Å². The molecule has 20 heavy (non-hydrogen) atoms. The Kier molecular flexibility index (Phi) is 4.24. The Morgan fingerprint density at radius 3 is 2.65 bits per heavy atom. The van der Waals surface area contributed by atoms with Crippen LogP contribution in [0, 0.1) is 6.92 Å². The Morgan fingerprint density at radius 1 is 1.30 bits per heavy atom. The van der Waals surface area contributed by atoms with Crippen molar-refractivity contribution in [3.63, 3.8) is 0 Å². The SMILES string of the molecule is Cc1ccc(OC(F)F)c(NS(=O)(=O)c2cccs2)c1. The van der Waals surface area contributed by atoms with E-state index in [0.717, 1.165) is 16.9 Å². The van der Waals surface area contributed by atoms with E-state index in [9.17, 15) is 17.2 Å². The number of alkyl halides is 2. The smallest absolute Gasteiger partial charge is 0.387 e. The van der Waals surface area contributed by atoms with Crippen LogP contribution in [0.4, 0.5) is 14.5 Å². The molecule has 1 N–H and O–H groups in total. The van der Waals surface area contributed by atoms with Gasteiger partial charge in [0, 0.05) is 0 Å². The number of sulfonamides is 1. The van der Waals surface area contributed by atoms with Gasteiger partial charge in [0.25, 0.3) is 10.0 Å². The molecule has 0 aliphatic heterocycles. The maximum atomic E-state index is 12.3. The molecule has 0 aliphatic carbocycles. The highest BCUT2D eigenvalue weighted by atomic mass is 32.2. The van der Waals surface area contributed by atoms with E-state index in [-0.39, 0.29) is 15.6 Å². The van der Waals surface area contributed by atoms with Crippen molar-refractivity contribution in [2.45, 2.75) is 17.7 Å². The first-order valence-electron chi connectivity index (χ1n) is 5.50. The standard InChI is InChI=1S/C12H11F2NO3S2/c1-8-4-5-10(18-12(13)14)9(7-8)15-20(16,17)11-3-2-6-19-11/h2-7,12,15H,1H3. The fraction of sp³-hybridized carbons (Fsp3) is 0.167. The molecule has 0 saturated carbocycles. The normalized spacial score (nSPS) is 11.6. The van der Waals surface area contributed by atoms with Gasteiger partial charge < -0.3 is 4.74 Å². The summed E-state index contributed by atoms with van der Waals surface area (Å²) in [6.07, 6.45) is 0. The van der Waals surface area contributed by atoms with Crippen LogP contribution >= 0.6 is 11.3 Å². The molecule has 0 amide bonds. The van der Waals surface area contributed by atoms with Crippen molar-refractivity contribution in [2.75, 3.05) is 4.72 Å². The van der Waals surface area contributed by atoms with Crippen LogP contribution in [-0.4, -0.2) is 15.0 Å². The lowest BCUT2D eigenvalue weighted by Gasteiger charge is -2.13. The molecule has 8 heteroatoms. The van der Waals surface area contributed by atoms with E-state index >= 15 is 0 Å². The number of rotatable bonds is 5. The molecule has 1 aromatic heterocycles. The van der Waals surface area contributed by atoms with Crippen molar-refractivity contribution < 1.29 is 21.9 Å². The van der Waals surface area contributed by atoms with Gasteiger partial charge in [-0.3, -0.25) is 4.72 Å². The molecular weight excluding hydrogens is 308 g/mol. The van der Waals surface area contributed by atoms with Gasteiger partial charge in [0.15, 0.2) is 0 Å². The van der Waals surface area contributed by atoms with E-state index in [2.05, 4.69) is 9.46 Å². The largest absolute Gasteiger partial charge is 0.433 e. The molecule has 0 aliphatic rings. The maximum Gasteiger partial charge on any atom is 0.387 e. The maximum absolute atomic E-state index is 12.3. The van der Waals surface area contributed by atoms with Gasteiger partial charge in [0.2, 0.25) is 0 Å². The minimum atomic E-state index is -3.80. The fourth-order valence-electron chi connectivity index (χ4n) is 1.53. The average Bonchev–Trinajstić information content (AvgIpc) is 2.86. The summed E-state index contributed by atoms with van der Waals surface area (Å²) >= 11 is 1.03. The van der Waals surface area contributed by atoms with Crippen molar-refractivity contribution in [1.29, 1.82) is 0 Å². The van der Waals surface area contributed by atoms with Crippen LogP contribution in [0.2, 0.25) is 0 Å². The number of ether oxygens (including phenoxy) is 1. The second kappa shape index (κ2) is 5.76. The lowest BCUT2D eigenvalue weighted by atomic mass is 10.2. The van der Waals surface area contributed by atoms with E-state index in [1.807, 2.05) is 0 Å². The van der Waals surface area contributed by atoms with Gasteiger partial charge in [-0.05, 0) is 36.1 Å². The molecule has 1 heterocycles. The van der Waals surface area contributed by atoms with Gasteiger partial charge in [-0.1, -0.05) is 12.1 Å². The number of thiophene rings is 1. The Morgan fingerprint density at radius 2 is 2.05 bits per heavy atom. The summed E-state index contributed by atoms with van der Waals surface area (Å²) < 4.78 is 55.4. The molecule has 108 valence electrons. The van der Waals surface area contributed by atoms with Gasteiger partial charge in [0.05, 0.1) is 5.69 Å². The zero-order valence-electron chi connectivity index (χ0n) is 10.3. The Labute approximate surface area is 119 Å². The predicted octanol–water partition coefficient (Wildman–Crippen LogP) is 3.46. The van der Waals surface area contributed by atoms with Crippen LogP contribution in [0.25, 0.3) is 0 Å². The van der Waals surface area contributed by atoms with Crippen molar-refractivity contribution in [2.24, 2.45) is 0 Å². The van der Waals surface area contributed by atoms with Crippen molar-refractivity contribution in [1.82, 2.24) is 0 Å². The molecule has 0 atom stereocenters. The van der Waals surface area contributed by atoms with Crippen LogP contribution in [-0.2, 0) is 10.0 Å². The minimum Gasteiger partial charge on any atom is -0.433 e. The highest BCUT2D eigenvalue weighted by molar-refractivity contribution is 7.94. The highest BCUT2D eigenvalue weighted by Crippen LogP contribution is 2.30. The van der Waals surface area contributed by atoms with Gasteiger partial charge in [0.1, 0.15) is 9.96 Å². The Balaban J connectivity index is 2.35. The number of hydrogen-bond acceptors (Lipinski definition) is 4. The van der Waals surface area contributed by atoms with Crippen LogP contribution in [0.15, 0.2) is 39.9 Å². The lowest BCUT2D eigenvalue weighted by molar-refractivity contribution is -0.0493. The van der Waals surface area contributed by atoms with Gasteiger partial charge in [-0.2, -0.15) is 8.78 Å². The van der Waals surface area contributed by atoms with Crippen LogP contribution in [0.1, 0.15) is 5.56 Å². The average molecular weight is 319 g/mol. The summed E-state index contributed by atoms with van der Waals surface area (Å²) in [5, 5.41) is 1.61. The Bertz CT molecular complexity index is 685. The number of halogens is 2. The van der Waals surface area contributed by atoms with E-state index in [1.165, 1.54) is 18.2 Å². The van der Waals surface area contributed by atoms with Crippen molar-refractivity contribution in [3.05, 3.63) is 41.3 Å². The summed E-state index contributed by atoms with van der Waals surface area (Å²) in [5.74, 6) is -0.217. The topological polar surface area (TPSA) is 55.4 Å². The number of nitrogens with one attached hydrogen (secondary N) is 1. The number of hydrogen-bond donors (Lipinski definition) is 1. The molecule has 0 spiro atoms. The van der Waals surface area contributed by atoms with Gasteiger partial charge in [-0.15, -0.1) is 11.3 Å². The third kappa shape index (κ3) is 3.45. The number of anilines is 1. The second-order valence-corrected chi connectivity index (χ2v) is 6.77. The first-order chi connectivity index (χ1) is 9.38. The van der Waals surface area contributed by atoms with E-state index < -0.39 is 16.6 Å². The van der Waals surface area contributed by atoms with Crippen LogP contribution in [0.5, 0.6) is 5.75 Å². The summed E-state index contributed by atoms with van der Waals surface area (Å²) in [5.41, 5.74) is 0.703. The molecule has 1 aromatic carbocycles. The predicted molar refractivity (Wildman–Crippen MR) is 72.9 cm³/mol. The number of aryl methyl sites for hydroxylation is 1. The molecule has 0 unspecified atom stereocenters. The Hall–Kier alpha value is -1.67. The minimum absolute atomic E-state index is 0.0151. The summed E-state index contributed by atoms with van der Waals surface area (Å²) in [6, 6.07) is 7.31. The summed E-state index contributed by atoms with van der Waals surface area (Å²) in [4.78, 5) is 0. The first-order valence-corrected chi connectivity index (χ1v) is 7.86. The van der Waals surface area contributed by atoms with Crippen LogP contribution < -0.4 is 9.46 Å². The third-order valence-electron chi connectivity index (χ3n) is 2.36. The van der Waals surface area contributed by atoms with Gasteiger partial charge in [-0.25, -0.2) is 8.42 Å². The highest BCUT2D eigenvalue weighted by Gasteiger charge is 2.19. The second-order valence-electron chi connectivity index (χ2n) is 3.92. The lowest BCUT2D eigenvalue weighted by Crippen LogP contribution is -2.13. The summed E-state index contributed by atoms with van der Waals surface area (Å²) in [6.45, 7) is -1.31. The number of benzene rings is 1. The molecule has 0 bridgehead atoms. The zero-order chi connectivity index (χ0) is 14.8. The molecule has 2 aromatic rings. The molecule has 0 fully saturated rings. The molecule has 2 rings (SSSR count). The molecule has 0 saturated heterocycles. The third-order valence-corrected chi connectivity index (χ3v) is 5.12. The quantitative estimate of drug-likeness (QED) is 0.918. The molecule has 4 nitrogen and oxygen atoms in total. The van der Waals surface area contributed by atoms with Gasteiger partial charge >= 0.3 is 6.61 Å². The van der Waals surface area contributed by atoms with E-state index in [0.29, 0.717) is 0 Å². The van der Waals surface area contributed by atoms with Crippen LogP contribution in [0.3, 0.4) is 0 Å². The monoisotopic (exact) mass is 319 g/mol. The molecule has 0 radical (unpaired) electrons. The fourth-order valence-corrected chi connectivity index (χ4v) is 3.59. The zero-order valence-corrected chi connectivity index (χ0v) is 12.0. The first kappa shape index (κ1) is 14.7. The summed E-state index contributed by atoms with van der Waals surface area (Å²) in [7, 11) is -3.80. The van der Waals surface area contributed by atoms with Crippen molar-refractivity contribution in [3.8, 4) is 5.75 Å². The molecular formula is C12H11F2NO3S2.